The Morgan fingerprint density at radius 2 is 2.41 bits per heavy atom. The molecule has 0 aromatic carbocycles. The van der Waals surface area contributed by atoms with Crippen LogP contribution in [0.5, 0.6) is 0 Å². The normalized spacial score (nSPS) is 15.4. The van der Waals surface area contributed by atoms with E-state index < -0.39 is 0 Å². The highest BCUT2D eigenvalue weighted by atomic mass is 32.1. The van der Waals surface area contributed by atoms with Crippen molar-refractivity contribution in [3.8, 4) is 10.8 Å². The number of aromatic nitrogens is 1. The Morgan fingerprint density at radius 3 is 3.06 bits per heavy atom. The highest BCUT2D eigenvalue weighted by molar-refractivity contribution is 7.15. The first-order valence-corrected chi connectivity index (χ1v) is 6.94. The van der Waals surface area contributed by atoms with Crippen molar-refractivity contribution >= 4 is 11.3 Å². The van der Waals surface area contributed by atoms with Crippen LogP contribution in [0.4, 0.5) is 0 Å². The van der Waals surface area contributed by atoms with Gasteiger partial charge >= 0.3 is 0 Å². The molecule has 2 aromatic heterocycles. The van der Waals surface area contributed by atoms with Gasteiger partial charge in [0, 0.05) is 17.5 Å². The van der Waals surface area contributed by atoms with Crippen molar-refractivity contribution in [3.05, 3.63) is 29.0 Å². The predicted molar refractivity (Wildman–Crippen MR) is 69.1 cm³/mol. The van der Waals surface area contributed by atoms with E-state index in [1.165, 1.54) is 23.4 Å². The highest BCUT2D eigenvalue weighted by Gasteiger charge is 2.21. The molecule has 1 fully saturated rings. The molecule has 4 heteroatoms. The van der Waals surface area contributed by atoms with Crippen molar-refractivity contribution in [1.29, 1.82) is 0 Å². The molecular weight excluding hydrogens is 232 g/mol. The SMILES string of the molecule is CCc1nc(-c2ccco2)sc1CNC1CC1. The van der Waals surface area contributed by atoms with E-state index in [1.807, 2.05) is 12.1 Å². The number of nitrogens with one attached hydrogen (secondary N) is 1. The molecule has 0 unspecified atom stereocenters. The summed E-state index contributed by atoms with van der Waals surface area (Å²) in [6.45, 7) is 3.10. The molecule has 3 nitrogen and oxygen atoms in total. The molecule has 2 aromatic rings. The number of nitrogens with zero attached hydrogens (tertiary/aromatic N) is 1. The second kappa shape index (κ2) is 4.63. The third kappa shape index (κ3) is 2.42. The molecule has 17 heavy (non-hydrogen) atoms. The molecule has 0 spiro atoms. The van der Waals surface area contributed by atoms with Crippen LogP contribution in [0.1, 0.15) is 30.3 Å². The third-order valence-electron chi connectivity index (χ3n) is 2.97. The Kier molecular flexibility index (Phi) is 2.99. The van der Waals surface area contributed by atoms with Crippen LogP contribution in [0.25, 0.3) is 10.8 Å². The van der Waals surface area contributed by atoms with Crippen LogP contribution in [0.3, 0.4) is 0 Å². The number of hydrogen-bond acceptors (Lipinski definition) is 4. The molecule has 0 radical (unpaired) electrons. The summed E-state index contributed by atoms with van der Waals surface area (Å²) in [7, 11) is 0. The molecule has 0 saturated heterocycles. The average molecular weight is 248 g/mol. The summed E-state index contributed by atoms with van der Waals surface area (Å²) in [5.41, 5.74) is 1.20. The summed E-state index contributed by atoms with van der Waals surface area (Å²) in [5.74, 6) is 0.877. The van der Waals surface area contributed by atoms with Crippen molar-refractivity contribution in [1.82, 2.24) is 10.3 Å². The van der Waals surface area contributed by atoms with E-state index in [0.717, 1.165) is 29.8 Å². The van der Waals surface area contributed by atoms with Gasteiger partial charge in [0.2, 0.25) is 0 Å². The monoisotopic (exact) mass is 248 g/mol. The number of furan rings is 1. The van der Waals surface area contributed by atoms with Gasteiger partial charge in [0.1, 0.15) is 0 Å². The molecule has 2 heterocycles. The summed E-state index contributed by atoms with van der Waals surface area (Å²) >= 11 is 1.74. The van der Waals surface area contributed by atoms with E-state index >= 15 is 0 Å². The van der Waals surface area contributed by atoms with Crippen molar-refractivity contribution in [2.45, 2.75) is 38.8 Å². The number of thiazole rings is 1. The molecule has 0 aliphatic heterocycles. The van der Waals surface area contributed by atoms with Crippen LogP contribution >= 0.6 is 11.3 Å². The lowest BCUT2D eigenvalue weighted by Gasteiger charge is -2.00. The molecule has 3 rings (SSSR count). The van der Waals surface area contributed by atoms with Crippen molar-refractivity contribution < 1.29 is 4.42 Å². The van der Waals surface area contributed by atoms with Crippen LogP contribution in [0.15, 0.2) is 22.8 Å². The first-order chi connectivity index (χ1) is 8.36. The van der Waals surface area contributed by atoms with E-state index in [1.54, 1.807) is 17.6 Å². The zero-order valence-corrected chi connectivity index (χ0v) is 10.7. The van der Waals surface area contributed by atoms with Gasteiger partial charge in [-0.3, -0.25) is 0 Å². The molecule has 0 atom stereocenters. The standard InChI is InChI=1S/C13H16N2OS/c1-2-10-12(8-14-9-5-6-9)17-13(15-10)11-4-3-7-16-11/h3-4,7,9,14H,2,5-6,8H2,1H3. The first-order valence-electron chi connectivity index (χ1n) is 6.12. The van der Waals surface area contributed by atoms with Gasteiger partial charge in [0.15, 0.2) is 10.8 Å². The molecule has 1 aliphatic carbocycles. The quantitative estimate of drug-likeness (QED) is 0.883. The van der Waals surface area contributed by atoms with Gasteiger partial charge < -0.3 is 9.73 Å². The van der Waals surface area contributed by atoms with Gasteiger partial charge in [0.25, 0.3) is 0 Å². The van der Waals surface area contributed by atoms with E-state index in [2.05, 4.69) is 17.2 Å². The minimum absolute atomic E-state index is 0.744. The molecular formula is C13H16N2OS. The van der Waals surface area contributed by atoms with Gasteiger partial charge in [-0.25, -0.2) is 4.98 Å². The molecule has 0 amide bonds. The maximum Gasteiger partial charge on any atom is 0.162 e. The second-order valence-corrected chi connectivity index (χ2v) is 5.46. The van der Waals surface area contributed by atoms with Crippen LogP contribution in [-0.4, -0.2) is 11.0 Å². The van der Waals surface area contributed by atoms with Crippen molar-refractivity contribution in [2.24, 2.45) is 0 Å². The minimum Gasteiger partial charge on any atom is -0.462 e. The number of hydrogen-bond donors (Lipinski definition) is 1. The Balaban J connectivity index is 1.81. The van der Waals surface area contributed by atoms with Gasteiger partial charge in [-0.15, -0.1) is 11.3 Å². The Labute approximate surface area is 105 Å². The summed E-state index contributed by atoms with van der Waals surface area (Å²) in [4.78, 5) is 6.01. The van der Waals surface area contributed by atoms with E-state index in [-0.39, 0.29) is 0 Å². The summed E-state index contributed by atoms with van der Waals surface area (Å²) < 4.78 is 5.40. The summed E-state index contributed by atoms with van der Waals surface area (Å²) in [6, 6.07) is 4.62. The molecule has 1 saturated carbocycles. The topological polar surface area (TPSA) is 38.1 Å². The fraction of sp³-hybridized carbons (Fsp3) is 0.462. The first kappa shape index (κ1) is 11.0. The summed E-state index contributed by atoms with van der Waals surface area (Å²) in [6.07, 6.45) is 5.33. The van der Waals surface area contributed by atoms with Crippen LogP contribution < -0.4 is 5.32 Å². The summed E-state index contributed by atoms with van der Waals surface area (Å²) in [5, 5.41) is 4.55. The van der Waals surface area contributed by atoms with E-state index in [9.17, 15) is 0 Å². The maximum atomic E-state index is 5.40. The molecule has 90 valence electrons. The largest absolute Gasteiger partial charge is 0.462 e. The van der Waals surface area contributed by atoms with Crippen LogP contribution in [0, 0.1) is 0 Å². The van der Waals surface area contributed by atoms with Gasteiger partial charge in [-0.05, 0) is 31.4 Å². The molecule has 1 aliphatic rings. The predicted octanol–water partition coefficient (Wildman–Crippen LogP) is 3.22. The van der Waals surface area contributed by atoms with Crippen LogP contribution in [0.2, 0.25) is 0 Å². The lowest BCUT2D eigenvalue weighted by molar-refractivity contribution is 0.581. The maximum absolute atomic E-state index is 5.40. The van der Waals surface area contributed by atoms with E-state index in [4.69, 9.17) is 4.42 Å². The fourth-order valence-corrected chi connectivity index (χ4v) is 2.90. The Hall–Kier alpha value is -1.13. The van der Waals surface area contributed by atoms with Gasteiger partial charge in [0.05, 0.1) is 12.0 Å². The number of aryl methyl sites for hydroxylation is 1. The minimum atomic E-state index is 0.744. The lowest BCUT2D eigenvalue weighted by atomic mass is 10.3. The van der Waals surface area contributed by atoms with E-state index in [0.29, 0.717) is 0 Å². The fourth-order valence-electron chi connectivity index (χ4n) is 1.83. The smallest absolute Gasteiger partial charge is 0.162 e. The van der Waals surface area contributed by atoms with Gasteiger partial charge in [-0.2, -0.15) is 0 Å². The zero-order chi connectivity index (χ0) is 11.7. The Bertz CT molecular complexity index is 485. The Morgan fingerprint density at radius 1 is 1.53 bits per heavy atom. The van der Waals surface area contributed by atoms with Crippen molar-refractivity contribution in [3.63, 3.8) is 0 Å². The third-order valence-corrected chi connectivity index (χ3v) is 4.09. The van der Waals surface area contributed by atoms with Crippen LogP contribution in [-0.2, 0) is 13.0 Å². The average Bonchev–Trinajstić information content (AvgIpc) is 2.88. The second-order valence-electron chi connectivity index (χ2n) is 4.37. The molecule has 1 N–H and O–H groups in total. The zero-order valence-electron chi connectivity index (χ0n) is 9.90. The number of rotatable bonds is 5. The lowest BCUT2D eigenvalue weighted by Crippen LogP contribution is -2.15. The molecule has 0 bridgehead atoms. The highest BCUT2D eigenvalue weighted by Crippen LogP contribution is 2.29. The van der Waals surface area contributed by atoms with Gasteiger partial charge in [-0.1, -0.05) is 6.92 Å². The van der Waals surface area contributed by atoms with Crippen molar-refractivity contribution in [2.75, 3.05) is 0 Å².